The van der Waals surface area contributed by atoms with Crippen molar-refractivity contribution in [2.24, 2.45) is 0 Å². The third-order valence-electron chi connectivity index (χ3n) is 5.62. The van der Waals surface area contributed by atoms with E-state index in [9.17, 15) is 20.2 Å². The first-order valence-corrected chi connectivity index (χ1v) is 9.27. The summed E-state index contributed by atoms with van der Waals surface area (Å²) in [5.41, 5.74) is -0.0368. The summed E-state index contributed by atoms with van der Waals surface area (Å²) in [5, 5.41) is 22.8. The Morgan fingerprint density at radius 1 is 1.11 bits per heavy atom. The number of non-ortho nitro benzene ring substituents is 1. The van der Waals surface area contributed by atoms with Crippen LogP contribution in [0.2, 0.25) is 0 Å². The summed E-state index contributed by atoms with van der Waals surface area (Å²) in [6.45, 7) is 4.02. The maximum atomic E-state index is 11.6. The maximum absolute atomic E-state index is 11.6. The van der Waals surface area contributed by atoms with Crippen LogP contribution in [0, 0.1) is 20.2 Å². The number of likely N-dealkylation sites (N-methyl/N-ethyl adjacent to an activating group) is 1. The Balaban J connectivity index is 1.92. The lowest BCUT2D eigenvalue weighted by atomic mass is 9.76. The molecule has 0 bridgehead atoms. The largest absolute Gasteiger partial charge is 0.456 e. The second kappa shape index (κ2) is 5.78. The fraction of sp³-hybridized carbons (Fsp3) is 0.263. The number of hydrogen-bond donors (Lipinski definition) is 0. The van der Waals surface area contributed by atoms with Gasteiger partial charge in [0.15, 0.2) is 0 Å². The van der Waals surface area contributed by atoms with E-state index in [1.807, 2.05) is 50.1 Å². The fourth-order valence-electron chi connectivity index (χ4n) is 4.10. The summed E-state index contributed by atoms with van der Waals surface area (Å²) in [6.07, 6.45) is 3.48. The zero-order valence-electron chi connectivity index (χ0n) is 15.3. The Morgan fingerprint density at radius 2 is 1.82 bits per heavy atom. The number of nitro groups is 2. The first-order valence-electron chi connectivity index (χ1n) is 8.47. The van der Waals surface area contributed by atoms with E-state index >= 15 is 0 Å². The predicted octanol–water partition coefficient (Wildman–Crippen LogP) is 4.80. The van der Waals surface area contributed by atoms with Crippen molar-refractivity contribution in [1.82, 2.24) is 0 Å². The Hall–Kier alpha value is -2.94. The number of rotatable bonds is 2. The van der Waals surface area contributed by atoms with Crippen LogP contribution in [0.25, 0.3) is 6.08 Å². The van der Waals surface area contributed by atoms with Crippen LogP contribution in [-0.4, -0.2) is 22.6 Å². The van der Waals surface area contributed by atoms with Crippen LogP contribution in [-0.2, 0) is 5.41 Å². The standard InChI is InChI=1S/C19H16BrN3O5/c1-18(2)14-9-12(20)4-5-15(14)21(3)19(18)7-6-11-8-13(22(24)25)10-16(23(26)27)17(11)28-19/h4-10H,1-3H3. The summed E-state index contributed by atoms with van der Waals surface area (Å²) in [6, 6.07) is 8.13. The monoisotopic (exact) mass is 445 g/mol. The molecule has 1 atom stereocenters. The number of hydrogen-bond acceptors (Lipinski definition) is 6. The van der Waals surface area contributed by atoms with E-state index in [0.717, 1.165) is 21.8 Å². The highest BCUT2D eigenvalue weighted by atomic mass is 79.9. The number of nitrogens with zero attached hydrogens (tertiary/aromatic N) is 3. The molecule has 0 N–H and O–H groups in total. The first kappa shape index (κ1) is 18.4. The van der Waals surface area contributed by atoms with Crippen molar-refractivity contribution in [3.05, 3.63) is 72.2 Å². The minimum Gasteiger partial charge on any atom is -0.456 e. The Morgan fingerprint density at radius 3 is 2.46 bits per heavy atom. The van der Waals surface area contributed by atoms with E-state index in [1.54, 1.807) is 6.08 Å². The molecule has 0 aromatic heterocycles. The van der Waals surface area contributed by atoms with Crippen LogP contribution >= 0.6 is 15.9 Å². The molecule has 1 unspecified atom stereocenters. The fourth-order valence-corrected chi connectivity index (χ4v) is 4.46. The van der Waals surface area contributed by atoms with Crippen molar-refractivity contribution < 1.29 is 14.6 Å². The summed E-state index contributed by atoms with van der Waals surface area (Å²) < 4.78 is 7.24. The van der Waals surface area contributed by atoms with Gasteiger partial charge < -0.3 is 9.64 Å². The lowest BCUT2D eigenvalue weighted by Gasteiger charge is -2.45. The van der Waals surface area contributed by atoms with Gasteiger partial charge in [0, 0.05) is 28.8 Å². The lowest BCUT2D eigenvalue weighted by molar-refractivity contribution is -0.395. The van der Waals surface area contributed by atoms with Gasteiger partial charge in [-0.2, -0.15) is 0 Å². The predicted molar refractivity (Wildman–Crippen MR) is 108 cm³/mol. The van der Waals surface area contributed by atoms with Crippen LogP contribution in [0.4, 0.5) is 17.1 Å². The lowest BCUT2D eigenvalue weighted by Crippen LogP contribution is -2.58. The van der Waals surface area contributed by atoms with Gasteiger partial charge in [-0.15, -0.1) is 0 Å². The van der Waals surface area contributed by atoms with Gasteiger partial charge in [-0.25, -0.2) is 0 Å². The number of ether oxygens (including phenoxy) is 1. The SMILES string of the molecule is CN1c2ccc(Br)cc2C(C)(C)C12C=Cc1cc([N+](=O)[O-])cc([N+](=O)[O-])c1O2. The molecule has 144 valence electrons. The molecule has 9 heteroatoms. The molecule has 2 aromatic rings. The van der Waals surface area contributed by atoms with Gasteiger partial charge in [0.1, 0.15) is 0 Å². The van der Waals surface area contributed by atoms with E-state index in [2.05, 4.69) is 15.9 Å². The van der Waals surface area contributed by atoms with Crippen LogP contribution in [0.3, 0.4) is 0 Å². The maximum Gasteiger partial charge on any atom is 0.318 e. The molecule has 0 radical (unpaired) electrons. The number of benzene rings is 2. The summed E-state index contributed by atoms with van der Waals surface area (Å²) >= 11 is 3.50. The first-order chi connectivity index (χ1) is 13.1. The molecule has 2 heterocycles. The summed E-state index contributed by atoms with van der Waals surface area (Å²) in [5.74, 6) is 0.0323. The van der Waals surface area contributed by atoms with Crippen molar-refractivity contribution in [1.29, 1.82) is 0 Å². The highest BCUT2D eigenvalue weighted by Crippen LogP contribution is 2.56. The zero-order valence-corrected chi connectivity index (χ0v) is 16.9. The molecule has 8 nitrogen and oxygen atoms in total. The Labute approximate surface area is 168 Å². The van der Waals surface area contributed by atoms with Crippen molar-refractivity contribution in [3.63, 3.8) is 0 Å². The molecule has 0 saturated heterocycles. The average Bonchev–Trinajstić information content (AvgIpc) is 2.79. The Bertz CT molecular complexity index is 1080. The molecule has 1 spiro atoms. The van der Waals surface area contributed by atoms with Crippen LogP contribution in [0.1, 0.15) is 25.0 Å². The molecule has 0 fully saturated rings. The number of halogens is 1. The van der Waals surface area contributed by atoms with Crippen LogP contribution in [0.15, 0.2) is 40.9 Å². The molecule has 28 heavy (non-hydrogen) atoms. The quantitative estimate of drug-likeness (QED) is 0.486. The molecule has 2 aliphatic heterocycles. The number of fused-ring (bicyclic) bond motifs is 2. The third kappa shape index (κ3) is 2.29. The van der Waals surface area contributed by atoms with Gasteiger partial charge in [0.25, 0.3) is 5.69 Å². The van der Waals surface area contributed by atoms with Gasteiger partial charge in [0.05, 0.1) is 21.3 Å². The normalized spacial score (nSPS) is 21.2. The molecule has 0 saturated carbocycles. The van der Waals surface area contributed by atoms with E-state index < -0.39 is 26.7 Å². The molecule has 0 aliphatic carbocycles. The minimum atomic E-state index is -1.01. The van der Waals surface area contributed by atoms with Crippen molar-refractivity contribution in [3.8, 4) is 5.75 Å². The molecule has 4 rings (SSSR count). The van der Waals surface area contributed by atoms with Crippen molar-refractivity contribution in [2.75, 3.05) is 11.9 Å². The van der Waals surface area contributed by atoms with E-state index in [4.69, 9.17) is 4.74 Å². The second-order valence-corrected chi connectivity index (χ2v) is 8.29. The van der Waals surface area contributed by atoms with Crippen molar-refractivity contribution >= 4 is 39.1 Å². The van der Waals surface area contributed by atoms with Gasteiger partial charge in [0.2, 0.25) is 11.5 Å². The van der Waals surface area contributed by atoms with Crippen LogP contribution < -0.4 is 9.64 Å². The summed E-state index contributed by atoms with van der Waals surface area (Å²) in [7, 11) is 1.87. The minimum absolute atomic E-state index is 0.0323. The topological polar surface area (TPSA) is 98.8 Å². The van der Waals surface area contributed by atoms with Gasteiger partial charge >= 0.3 is 5.69 Å². The van der Waals surface area contributed by atoms with Gasteiger partial charge in [-0.3, -0.25) is 20.2 Å². The van der Waals surface area contributed by atoms with Gasteiger partial charge in [-0.05, 0) is 49.8 Å². The van der Waals surface area contributed by atoms with Crippen molar-refractivity contribution in [2.45, 2.75) is 25.0 Å². The number of nitro benzene ring substituents is 2. The highest BCUT2D eigenvalue weighted by Gasteiger charge is 2.58. The average molecular weight is 446 g/mol. The zero-order chi connectivity index (χ0) is 20.4. The molecule has 2 aromatic carbocycles. The van der Waals surface area contributed by atoms with E-state index in [-0.39, 0.29) is 11.4 Å². The Kier molecular flexibility index (Phi) is 3.80. The second-order valence-electron chi connectivity index (χ2n) is 7.37. The highest BCUT2D eigenvalue weighted by molar-refractivity contribution is 9.10. The molecule has 2 aliphatic rings. The van der Waals surface area contributed by atoms with E-state index in [0.29, 0.717) is 5.56 Å². The molecular weight excluding hydrogens is 430 g/mol. The number of anilines is 1. The molecular formula is C19H16BrN3O5. The van der Waals surface area contributed by atoms with Gasteiger partial charge in [-0.1, -0.05) is 15.9 Å². The van der Waals surface area contributed by atoms with E-state index in [1.165, 1.54) is 6.07 Å². The molecule has 0 amide bonds. The smallest absolute Gasteiger partial charge is 0.318 e. The summed E-state index contributed by atoms with van der Waals surface area (Å²) in [4.78, 5) is 23.4. The van der Waals surface area contributed by atoms with Crippen LogP contribution in [0.5, 0.6) is 5.75 Å². The third-order valence-corrected chi connectivity index (χ3v) is 6.12.